The van der Waals surface area contributed by atoms with Gasteiger partial charge in [-0.25, -0.2) is 19.1 Å². The lowest BCUT2D eigenvalue weighted by atomic mass is 10.3. The standard InChI is InChI=1S/C16H16Br2ClFN4O2/c1-3-8-21-14(16(17,18)9-19)22-12-13(25)24(15(26)23(12)2)11-7-5-4-6-10(11)20/h3-7,14,21H,1,8-9H2,2H3/b22-12+. The average molecular weight is 511 g/mol. The molecular weight excluding hydrogens is 494 g/mol. The highest BCUT2D eigenvalue weighted by Gasteiger charge is 2.44. The molecule has 140 valence electrons. The van der Waals surface area contributed by atoms with Gasteiger partial charge in [-0.2, -0.15) is 0 Å². The molecule has 10 heteroatoms. The van der Waals surface area contributed by atoms with Crippen molar-refractivity contribution in [2.45, 2.75) is 9.40 Å². The van der Waals surface area contributed by atoms with E-state index in [0.29, 0.717) is 6.54 Å². The van der Waals surface area contributed by atoms with Crippen molar-refractivity contribution < 1.29 is 14.0 Å². The van der Waals surface area contributed by atoms with Crippen LogP contribution in [0.4, 0.5) is 14.9 Å². The maximum absolute atomic E-state index is 14.1. The number of likely N-dealkylation sites (N-methyl/N-ethyl adjacent to an activating group) is 1. The van der Waals surface area contributed by atoms with Gasteiger partial charge in [-0.05, 0) is 12.1 Å². The van der Waals surface area contributed by atoms with Gasteiger partial charge in [0.25, 0.3) is 0 Å². The van der Waals surface area contributed by atoms with E-state index < -0.39 is 27.2 Å². The van der Waals surface area contributed by atoms with Gasteiger partial charge in [-0.1, -0.05) is 50.1 Å². The number of para-hydroxylation sites is 1. The quantitative estimate of drug-likeness (QED) is 0.347. The molecule has 1 aromatic rings. The minimum Gasteiger partial charge on any atom is -0.290 e. The first-order valence-corrected chi connectivity index (χ1v) is 9.59. The van der Waals surface area contributed by atoms with E-state index in [9.17, 15) is 14.0 Å². The number of hydrogen-bond donors (Lipinski definition) is 1. The van der Waals surface area contributed by atoms with E-state index in [2.05, 4.69) is 48.7 Å². The molecule has 0 aromatic heterocycles. The molecule has 1 atom stereocenters. The molecule has 0 bridgehead atoms. The van der Waals surface area contributed by atoms with Gasteiger partial charge in [0.1, 0.15) is 15.2 Å². The molecule has 26 heavy (non-hydrogen) atoms. The van der Waals surface area contributed by atoms with Gasteiger partial charge in [-0.15, -0.1) is 18.2 Å². The fourth-order valence-electron chi connectivity index (χ4n) is 2.24. The Bertz CT molecular complexity index is 760. The topological polar surface area (TPSA) is 65.0 Å². The Morgan fingerprint density at radius 3 is 2.65 bits per heavy atom. The molecule has 0 spiro atoms. The number of amides is 3. The lowest BCUT2D eigenvalue weighted by Gasteiger charge is -2.27. The van der Waals surface area contributed by atoms with Gasteiger partial charge in [-0.3, -0.25) is 15.0 Å². The summed E-state index contributed by atoms with van der Waals surface area (Å²) in [5, 5.41) is 3.04. The van der Waals surface area contributed by atoms with Gasteiger partial charge in [0, 0.05) is 13.6 Å². The summed E-state index contributed by atoms with van der Waals surface area (Å²) in [7, 11) is 1.40. The third-order valence-electron chi connectivity index (χ3n) is 3.57. The maximum atomic E-state index is 14.1. The Balaban J connectivity index is 2.43. The summed E-state index contributed by atoms with van der Waals surface area (Å²) >= 11 is 12.8. The minimum atomic E-state index is -0.868. The lowest BCUT2D eigenvalue weighted by Crippen LogP contribution is -2.44. The Morgan fingerprint density at radius 1 is 1.42 bits per heavy atom. The molecule has 2 rings (SSSR count). The number of anilines is 1. The Hall–Kier alpha value is -1.29. The molecule has 1 heterocycles. The second-order valence-electron chi connectivity index (χ2n) is 5.38. The van der Waals surface area contributed by atoms with Crippen LogP contribution >= 0.6 is 43.5 Å². The summed E-state index contributed by atoms with van der Waals surface area (Å²) < 4.78 is 13.2. The number of nitrogens with zero attached hydrogens (tertiary/aromatic N) is 3. The molecule has 1 saturated heterocycles. The average Bonchev–Trinajstić information content (AvgIpc) is 2.82. The van der Waals surface area contributed by atoms with Crippen LogP contribution in [0.5, 0.6) is 0 Å². The number of nitrogens with one attached hydrogen (secondary N) is 1. The molecule has 1 N–H and O–H groups in total. The molecule has 1 aromatic carbocycles. The van der Waals surface area contributed by atoms with Gasteiger partial charge >= 0.3 is 11.9 Å². The Labute approximate surface area is 172 Å². The zero-order chi connectivity index (χ0) is 19.5. The predicted molar refractivity (Wildman–Crippen MR) is 108 cm³/mol. The van der Waals surface area contributed by atoms with Crippen molar-refractivity contribution in [2.24, 2.45) is 4.99 Å². The van der Waals surface area contributed by atoms with E-state index in [0.717, 1.165) is 9.80 Å². The largest absolute Gasteiger partial charge is 0.337 e. The molecule has 1 unspecified atom stereocenters. The number of rotatable bonds is 7. The predicted octanol–water partition coefficient (Wildman–Crippen LogP) is 3.45. The first-order valence-electron chi connectivity index (χ1n) is 7.47. The zero-order valence-electron chi connectivity index (χ0n) is 13.8. The van der Waals surface area contributed by atoms with Crippen molar-refractivity contribution in [3.8, 4) is 0 Å². The van der Waals surface area contributed by atoms with Crippen LogP contribution in [0.25, 0.3) is 0 Å². The molecule has 0 saturated carbocycles. The van der Waals surface area contributed by atoms with Crippen molar-refractivity contribution >= 4 is 66.9 Å². The third-order valence-corrected chi connectivity index (χ3v) is 6.06. The fraction of sp³-hybridized carbons (Fsp3) is 0.312. The number of benzene rings is 1. The van der Waals surface area contributed by atoms with Crippen molar-refractivity contribution in [1.82, 2.24) is 10.2 Å². The van der Waals surface area contributed by atoms with Crippen LogP contribution in [0.3, 0.4) is 0 Å². The normalized spacial score (nSPS) is 18.0. The van der Waals surface area contributed by atoms with E-state index in [1.807, 2.05) is 0 Å². The molecule has 0 aliphatic carbocycles. The van der Waals surface area contributed by atoms with E-state index in [1.54, 1.807) is 6.08 Å². The monoisotopic (exact) mass is 508 g/mol. The number of carbonyl (C=O) groups excluding carboxylic acids is 2. The SMILES string of the molecule is C=CCNC(/N=C1\C(=O)N(c2ccccc2F)C(=O)N1C)C(Br)(Br)CCl. The highest BCUT2D eigenvalue weighted by molar-refractivity contribution is 9.25. The first kappa shape index (κ1) is 21.0. The Kier molecular flexibility index (Phi) is 6.95. The summed E-state index contributed by atoms with van der Waals surface area (Å²) in [5.41, 5.74) is -0.128. The van der Waals surface area contributed by atoms with Crippen molar-refractivity contribution in [2.75, 3.05) is 24.4 Å². The highest BCUT2D eigenvalue weighted by Crippen LogP contribution is 2.33. The molecule has 3 amide bonds. The van der Waals surface area contributed by atoms with Gasteiger partial charge in [0.05, 0.1) is 11.6 Å². The number of imide groups is 1. The number of hydrogen-bond acceptors (Lipinski definition) is 4. The van der Waals surface area contributed by atoms with Crippen LogP contribution in [0, 0.1) is 5.82 Å². The molecular formula is C16H16Br2ClFN4O2. The van der Waals surface area contributed by atoms with Crippen LogP contribution in [-0.2, 0) is 4.79 Å². The molecule has 1 aliphatic heterocycles. The summed E-state index contributed by atoms with van der Waals surface area (Å²) in [6.45, 7) is 4.01. The van der Waals surface area contributed by atoms with Crippen LogP contribution in [-0.4, -0.2) is 51.5 Å². The summed E-state index contributed by atoms with van der Waals surface area (Å²) in [6, 6.07) is 4.85. The van der Waals surface area contributed by atoms with E-state index >= 15 is 0 Å². The second kappa shape index (κ2) is 8.60. The lowest BCUT2D eigenvalue weighted by molar-refractivity contribution is -0.111. The minimum absolute atomic E-state index is 0.113. The van der Waals surface area contributed by atoms with Crippen LogP contribution in [0.15, 0.2) is 41.9 Å². The Morgan fingerprint density at radius 2 is 2.08 bits per heavy atom. The molecule has 6 nitrogen and oxygen atoms in total. The number of alkyl halides is 3. The second-order valence-corrected chi connectivity index (χ2v) is 9.54. The van der Waals surface area contributed by atoms with E-state index in [4.69, 9.17) is 11.6 Å². The van der Waals surface area contributed by atoms with Crippen LogP contribution in [0.1, 0.15) is 0 Å². The zero-order valence-corrected chi connectivity index (χ0v) is 17.7. The first-order chi connectivity index (χ1) is 12.2. The summed E-state index contributed by atoms with van der Waals surface area (Å²) in [4.78, 5) is 31.4. The number of urea groups is 1. The van der Waals surface area contributed by atoms with Crippen molar-refractivity contribution in [3.05, 3.63) is 42.7 Å². The maximum Gasteiger partial charge on any atom is 0.337 e. The van der Waals surface area contributed by atoms with Gasteiger partial charge in [0.2, 0.25) is 5.84 Å². The smallest absolute Gasteiger partial charge is 0.290 e. The number of carbonyl (C=O) groups is 2. The summed E-state index contributed by atoms with van der Waals surface area (Å²) in [5.74, 6) is -1.42. The molecule has 1 aliphatic rings. The highest BCUT2D eigenvalue weighted by atomic mass is 79.9. The molecule has 0 radical (unpaired) electrons. The number of halogens is 4. The van der Waals surface area contributed by atoms with Crippen molar-refractivity contribution in [3.63, 3.8) is 0 Å². The van der Waals surface area contributed by atoms with Gasteiger partial charge in [0.15, 0.2) is 0 Å². The van der Waals surface area contributed by atoms with Crippen molar-refractivity contribution in [1.29, 1.82) is 0 Å². The number of aliphatic imine (C=N–C) groups is 1. The van der Waals surface area contributed by atoms with Crippen LogP contribution in [0.2, 0.25) is 0 Å². The van der Waals surface area contributed by atoms with Gasteiger partial charge < -0.3 is 0 Å². The summed E-state index contributed by atoms with van der Waals surface area (Å²) in [6.07, 6.45) is 0.918. The van der Waals surface area contributed by atoms with Crippen LogP contribution < -0.4 is 10.2 Å². The van der Waals surface area contributed by atoms with E-state index in [1.165, 1.54) is 31.3 Å². The third kappa shape index (κ3) is 4.16. The van der Waals surface area contributed by atoms with E-state index in [-0.39, 0.29) is 17.4 Å². The molecule has 1 fully saturated rings. The fourth-order valence-corrected chi connectivity index (χ4v) is 2.91. The number of amidine groups is 1.